The fraction of sp³-hybridized carbons (Fsp3) is 0.333. The fourth-order valence-corrected chi connectivity index (χ4v) is 4.91. The average Bonchev–Trinajstić information content (AvgIpc) is 2.86. The largest absolute Gasteiger partial charge is 0.493 e. The Labute approximate surface area is 195 Å². The molecule has 0 spiro atoms. The maximum atomic E-state index is 11.6. The second-order valence-electron chi connectivity index (χ2n) is 8.18. The first-order chi connectivity index (χ1) is 16.0. The van der Waals surface area contributed by atoms with E-state index in [2.05, 4.69) is 30.1 Å². The van der Waals surface area contributed by atoms with Gasteiger partial charge in [-0.05, 0) is 48.4 Å². The monoisotopic (exact) mass is 449 g/mol. The molecule has 3 atom stereocenters. The number of likely N-dealkylation sites (N-methyl/N-ethyl adjacent to an activating group) is 1. The standard InChI is InChI=1S/C27H31NO5/c1-28-20(15-17-11-13-21(30-2)23(16-17)32-4)19-12-14-22(31-3)27(33-5)24(19)26(29)25(28)18-9-7-6-8-10-18/h6-14,16,20,25-26,29H,15H2,1-5H3/t20-,25-,26-/m0/s1. The third-order valence-electron chi connectivity index (χ3n) is 6.52. The Hall–Kier alpha value is -3.22. The maximum Gasteiger partial charge on any atom is 0.166 e. The van der Waals surface area contributed by atoms with Crippen molar-refractivity contribution < 1.29 is 24.1 Å². The molecule has 0 aromatic heterocycles. The van der Waals surface area contributed by atoms with E-state index in [1.807, 2.05) is 42.5 Å². The number of benzene rings is 3. The Morgan fingerprint density at radius 2 is 1.45 bits per heavy atom. The molecule has 1 aliphatic heterocycles. The summed E-state index contributed by atoms with van der Waals surface area (Å²) in [6, 6.07) is 19.8. The Balaban J connectivity index is 1.85. The van der Waals surface area contributed by atoms with Crippen LogP contribution in [0.1, 0.15) is 40.4 Å². The third kappa shape index (κ3) is 4.12. The van der Waals surface area contributed by atoms with Gasteiger partial charge in [0.25, 0.3) is 0 Å². The minimum atomic E-state index is -0.779. The van der Waals surface area contributed by atoms with E-state index in [9.17, 15) is 5.11 Å². The summed E-state index contributed by atoms with van der Waals surface area (Å²) in [6.07, 6.45) is -0.0610. The number of methoxy groups -OCH3 is 4. The van der Waals surface area contributed by atoms with Crippen molar-refractivity contribution in [3.63, 3.8) is 0 Å². The van der Waals surface area contributed by atoms with Gasteiger partial charge in [-0.3, -0.25) is 4.90 Å². The highest BCUT2D eigenvalue weighted by Crippen LogP contribution is 2.52. The Morgan fingerprint density at radius 1 is 0.788 bits per heavy atom. The van der Waals surface area contributed by atoms with Crippen molar-refractivity contribution in [1.29, 1.82) is 0 Å². The lowest BCUT2D eigenvalue weighted by Crippen LogP contribution is -2.39. The van der Waals surface area contributed by atoms with E-state index in [-0.39, 0.29) is 12.1 Å². The number of aliphatic hydroxyl groups excluding tert-OH is 1. The molecule has 6 heteroatoms. The summed E-state index contributed by atoms with van der Waals surface area (Å²) in [4.78, 5) is 2.24. The molecule has 0 radical (unpaired) electrons. The molecule has 1 N–H and O–H groups in total. The van der Waals surface area contributed by atoms with E-state index in [1.54, 1.807) is 28.4 Å². The highest BCUT2D eigenvalue weighted by molar-refractivity contribution is 5.55. The second kappa shape index (κ2) is 9.73. The van der Waals surface area contributed by atoms with E-state index in [4.69, 9.17) is 18.9 Å². The summed E-state index contributed by atoms with van der Waals surface area (Å²) in [5.41, 5.74) is 3.94. The van der Waals surface area contributed by atoms with Gasteiger partial charge in [0.15, 0.2) is 23.0 Å². The molecule has 0 aliphatic carbocycles. The number of fused-ring (bicyclic) bond motifs is 1. The molecular weight excluding hydrogens is 418 g/mol. The van der Waals surface area contributed by atoms with Gasteiger partial charge < -0.3 is 24.1 Å². The molecular formula is C27H31NO5. The summed E-state index contributed by atoms with van der Waals surface area (Å²) in [5.74, 6) is 2.58. The Bertz CT molecular complexity index is 1100. The van der Waals surface area contributed by atoms with Crippen LogP contribution < -0.4 is 18.9 Å². The Morgan fingerprint density at radius 3 is 2.09 bits per heavy atom. The van der Waals surface area contributed by atoms with Crippen molar-refractivity contribution in [3.8, 4) is 23.0 Å². The summed E-state index contributed by atoms with van der Waals surface area (Å²) in [7, 11) is 8.56. The number of ether oxygens (including phenoxy) is 4. The smallest absolute Gasteiger partial charge is 0.166 e. The van der Waals surface area contributed by atoms with Crippen LogP contribution in [0.4, 0.5) is 0 Å². The first kappa shape index (κ1) is 23.0. The molecule has 0 unspecified atom stereocenters. The van der Waals surface area contributed by atoms with E-state index < -0.39 is 6.10 Å². The van der Waals surface area contributed by atoms with Gasteiger partial charge in [0.05, 0.1) is 34.5 Å². The zero-order chi connectivity index (χ0) is 23.5. The molecule has 1 aliphatic rings. The van der Waals surface area contributed by atoms with Crippen molar-refractivity contribution in [2.24, 2.45) is 0 Å². The van der Waals surface area contributed by atoms with Crippen LogP contribution in [-0.4, -0.2) is 45.5 Å². The van der Waals surface area contributed by atoms with Gasteiger partial charge in [-0.25, -0.2) is 0 Å². The molecule has 0 bridgehead atoms. The molecule has 1 heterocycles. The quantitative estimate of drug-likeness (QED) is 0.563. The molecule has 6 nitrogen and oxygen atoms in total. The van der Waals surface area contributed by atoms with Crippen LogP contribution in [0.15, 0.2) is 60.7 Å². The van der Waals surface area contributed by atoms with Crippen LogP contribution in [-0.2, 0) is 6.42 Å². The van der Waals surface area contributed by atoms with Gasteiger partial charge in [-0.2, -0.15) is 0 Å². The molecule has 3 aromatic rings. The van der Waals surface area contributed by atoms with Crippen LogP contribution in [0.5, 0.6) is 23.0 Å². The zero-order valence-electron chi connectivity index (χ0n) is 19.7. The van der Waals surface area contributed by atoms with Crippen molar-refractivity contribution >= 4 is 0 Å². The van der Waals surface area contributed by atoms with Gasteiger partial charge in [0.2, 0.25) is 0 Å². The van der Waals surface area contributed by atoms with Gasteiger partial charge in [-0.1, -0.05) is 42.5 Å². The number of hydrogen-bond donors (Lipinski definition) is 1. The minimum Gasteiger partial charge on any atom is -0.493 e. The first-order valence-corrected chi connectivity index (χ1v) is 10.9. The lowest BCUT2D eigenvalue weighted by molar-refractivity contribution is 0.0170. The summed E-state index contributed by atoms with van der Waals surface area (Å²) in [5, 5.41) is 11.6. The van der Waals surface area contributed by atoms with Crippen LogP contribution in [0.3, 0.4) is 0 Å². The normalized spacial score (nSPS) is 20.1. The van der Waals surface area contributed by atoms with Crippen molar-refractivity contribution in [2.75, 3.05) is 35.5 Å². The maximum absolute atomic E-state index is 11.6. The predicted molar refractivity (Wildman–Crippen MR) is 127 cm³/mol. The SMILES string of the molecule is COc1ccc(C[C@H]2c3ccc(OC)c(OC)c3[C@H](O)[C@H](c3ccccc3)N2C)cc1OC. The molecule has 0 saturated heterocycles. The van der Waals surface area contributed by atoms with Crippen molar-refractivity contribution in [3.05, 3.63) is 82.9 Å². The van der Waals surface area contributed by atoms with Gasteiger partial charge in [0, 0.05) is 11.6 Å². The Kier molecular flexibility index (Phi) is 6.77. The van der Waals surface area contributed by atoms with Crippen molar-refractivity contribution in [2.45, 2.75) is 24.6 Å². The van der Waals surface area contributed by atoms with E-state index in [0.29, 0.717) is 23.0 Å². The van der Waals surface area contributed by atoms with Crippen LogP contribution in [0.2, 0.25) is 0 Å². The highest BCUT2D eigenvalue weighted by Gasteiger charge is 2.41. The minimum absolute atomic E-state index is 0.00786. The van der Waals surface area contributed by atoms with Gasteiger partial charge in [0.1, 0.15) is 6.10 Å². The van der Waals surface area contributed by atoms with Crippen LogP contribution >= 0.6 is 0 Å². The van der Waals surface area contributed by atoms with Gasteiger partial charge >= 0.3 is 0 Å². The molecule has 0 amide bonds. The molecule has 0 saturated carbocycles. The molecule has 3 aromatic carbocycles. The van der Waals surface area contributed by atoms with Gasteiger partial charge in [-0.15, -0.1) is 0 Å². The third-order valence-corrected chi connectivity index (χ3v) is 6.52. The summed E-state index contributed by atoms with van der Waals surface area (Å²) >= 11 is 0. The zero-order valence-corrected chi connectivity index (χ0v) is 19.7. The molecule has 4 rings (SSSR count). The van der Waals surface area contributed by atoms with Crippen LogP contribution in [0, 0.1) is 0 Å². The lowest BCUT2D eigenvalue weighted by atomic mass is 9.80. The van der Waals surface area contributed by atoms with E-state index >= 15 is 0 Å². The topological polar surface area (TPSA) is 60.4 Å². The van der Waals surface area contributed by atoms with Crippen LogP contribution in [0.25, 0.3) is 0 Å². The second-order valence-corrected chi connectivity index (χ2v) is 8.18. The number of hydrogen-bond acceptors (Lipinski definition) is 6. The lowest BCUT2D eigenvalue weighted by Gasteiger charge is -2.44. The van der Waals surface area contributed by atoms with Crippen molar-refractivity contribution in [1.82, 2.24) is 4.90 Å². The summed E-state index contributed by atoms with van der Waals surface area (Å²) < 4.78 is 22.2. The number of aliphatic hydroxyl groups is 1. The molecule has 33 heavy (non-hydrogen) atoms. The average molecular weight is 450 g/mol. The highest BCUT2D eigenvalue weighted by atomic mass is 16.5. The summed E-state index contributed by atoms with van der Waals surface area (Å²) in [6.45, 7) is 0. The first-order valence-electron chi connectivity index (χ1n) is 10.9. The molecule has 0 fully saturated rings. The molecule has 174 valence electrons. The fourth-order valence-electron chi connectivity index (χ4n) is 4.91. The van der Waals surface area contributed by atoms with E-state index in [1.165, 1.54) is 0 Å². The van der Waals surface area contributed by atoms with E-state index in [0.717, 1.165) is 28.7 Å². The predicted octanol–water partition coefficient (Wildman–Crippen LogP) is 4.72. The number of rotatable bonds is 7. The number of nitrogens with zero attached hydrogens (tertiary/aromatic N) is 1.